The largest absolute Gasteiger partial charge is 0.313 e. The lowest BCUT2D eigenvalue weighted by Crippen LogP contribution is -2.12. The monoisotopic (exact) mass is 220 g/mol. The lowest BCUT2D eigenvalue weighted by molar-refractivity contribution is 0.726. The van der Waals surface area contributed by atoms with Gasteiger partial charge in [0.1, 0.15) is 5.15 Å². The zero-order chi connectivity index (χ0) is 10.7. The Morgan fingerprint density at radius 3 is 2.93 bits per heavy atom. The van der Waals surface area contributed by atoms with E-state index >= 15 is 0 Å². The van der Waals surface area contributed by atoms with Crippen LogP contribution in [0.25, 0.3) is 10.9 Å². The van der Waals surface area contributed by atoms with Crippen LogP contribution in [0, 0.1) is 0 Å². The SMILES string of the molecule is CCNCc1cc2ccccc2nc1Cl. The number of nitrogens with one attached hydrogen (secondary N) is 1. The van der Waals surface area contributed by atoms with Crippen LogP contribution >= 0.6 is 11.6 Å². The number of hydrogen-bond donors (Lipinski definition) is 1. The van der Waals surface area contributed by atoms with Crippen LogP contribution in [-0.4, -0.2) is 11.5 Å². The standard InChI is InChI=1S/C12H13ClN2/c1-2-14-8-10-7-9-5-3-4-6-11(9)15-12(10)13/h3-7,14H,2,8H2,1H3. The van der Waals surface area contributed by atoms with Crippen molar-refractivity contribution in [3.8, 4) is 0 Å². The third-order valence-corrected chi connectivity index (χ3v) is 2.64. The van der Waals surface area contributed by atoms with E-state index in [0.29, 0.717) is 5.15 Å². The van der Waals surface area contributed by atoms with Crippen molar-refractivity contribution < 1.29 is 0 Å². The highest BCUT2D eigenvalue weighted by atomic mass is 35.5. The van der Waals surface area contributed by atoms with Gasteiger partial charge in [-0.1, -0.05) is 36.7 Å². The molecule has 0 aliphatic carbocycles. The summed E-state index contributed by atoms with van der Waals surface area (Å²) in [5.41, 5.74) is 2.00. The quantitative estimate of drug-likeness (QED) is 0.805. The molecule has 0 spiro atoms. The van der Waals surface area contributed by atoms with Gasteiger partial charge in [0.25, 0.3) is 0 Å². The first-order valence-electron chi connectivity index (χ1n) is 5.06. The predicted octanol–water partition coefficient (Wildman–Crippen LogP) is 3.00. The van der Waals surface area contributed by atoms with Crippen LogP contribution in [-0.2, 0) is 6.54 Å². The molecule has 2 nitrogen and oxygen atoms in total. The Morgan fingerprint density at radius 2 is 2.13 bits per heavy atom. The molecule has 0 saturated carbocycles. The number of para-hydroxylation sites is 1. The van der Waals surface area contributed by atoms with Gasteiger partial charge in [-0.05, 0) is 18.7 Å². The number of benzene rings is 1. The molecular weight excluding hydrogens is 208 g/mol. The van der Waals surface area contributed by atoms with Gasteiger partial charge in [-0.2, -0.15) is 0 Å². The molecule has 0 amide bonds. The van der Waals surface area contributed by atoms with Gasteiger partial charge in [0, 0.05) is 17.5 Å². The molecule has 78 valence electrons. The Kier molecular flexibility index (Phi) is 3.19. The van der Waals surface area contributed by atoms with Crippen LogP contribution < -0.4 is 5.32 Å². The maximum atomic E-state index is 6.09. The number of aromatic nitrogens is 1. The fraction of sp³-hybridized carbons (Fsp3) is 0.250. The van der Waals surface area contributed by atoms with E-state index in [0.717, 1.165) is 29.6 Å². The second-order valence-electron chi connectivity index (χ2n) is 3.41. The van der Waals surface area contributed by atoms with Crippen molar-refractivity contribution in [2.24, 2.45) is 0 Å². The lowest BCUT2D eigenvalue weighted by Gasteiger charge is -2.06. The highest BCUT2D eigenvalue weighted by Gasteiger charge is 2.03. The van der Waals surface area contributed by atoms with Crippen LogP contribution in [0.15, 0.2) is 30.3 Å². The fourth-order valence-electron chi connectivity index (χ4n) is 1.52. The van der Waals surface area contributed by atoms with Gasteiger partial charge in [0.2, 0.25) is 0 Å². The van der Waals surface area contributed by atoms with Crippen LogP contribution in [0.1, 0.15) is 12.5 Å². The van der Waals surface area contributed by atoms with E-state index in [1.807, 2.05) is 24.3 Å². The first-order chi connectivity index (χ1) is 7.31. The summed E-state index contributed by atoms with van der Waals surface area (Å²) in [6.45, 7) is 3.78. The minimum Gasteiger partial charge on any atom is -0.313 e. The van der Waals surface area contributed by atoms with Crippen molar-refractivity contribution in [3.05, 3.63) is 41.0 Å². The number of rotatable bonds is 3. The van der Waals surface area contributed by atoms with Crippen molar-refractivity contribution in [3.63, 3.8) is 0 Å². The maximum Gasteiger partial charge on any atom is 0.134 e. The molecule has 2 rings (SSSR count). The summed E-state index contributed by atoms with van der Waals surface area (Å²) in [5, 5.41) is 4.97. The Labute approximate surface area is 94.3 Å². The van der Waals surface area contributed by atoms with Gasteiger partial charge in [0.05, 0.1) is 5.52 Å². The molecule has 0 bridgehead atoms. The molecular formula is C12H13ClN2. The second kappa shape index (κ2) is 4.60. The molecule has 1 aromatic heterocycles. The number of halogens is 1. The van der Waals surface area contributed by atoms with E-state index in [1.165, 1.54) is 0 Å². The molecule has 0 unspecified atom stereocenters. The number of nitrogens with zero attached hydrogens (tertiary/aromatic N) is 1. The summed E-state index contributed by atoms with van der Waals surface area (Å²) in [6, 6.07) is 10.1. The molecule has 2 aromatic rings. The van der Waals surface area contributed by atoms with E-state index in [9.17, 15) is 0 Å². The zero-order valence-corrected chi connectivity index (χ0v) is 9.38. The van der Waals surface area contributed by atoms with Gasteiger partial charge in [0.15, 0.2) is 0 Å². The molecule has 1 N–H and O–H groups in total. The molecule has 15 heavy (non-hydrogen) atoms. The van der Waals surface area contributed by atoms with E-state index in [1.54, 1.807) is 0 Å². The third kappa shape index (κ3) is 2.28. The number of pyridine rings is 1. The van der Waals surface area contributed by atoms with E-state index in [4.69, 9.17) is 11.6 Å². The van der Waals surface area contributed by atoms with Crippen molar-refractivity contribution in [2.75, 3.05) is 6.54 Å². The van der Waals surface area contributed by atoms with Gasteiger partial charge in [-0.15, -0.1) is 0 Å². The van der Waals surface area contributed by atoms with Crippen molar-refractivity contribution in [2.45, 2.75) is 13.5 Å². The molecule has 0 radical (unpaired) electrons. The average Bonchev–Trinajstić information content (AvgIpc) is 2.26. The van der Waals surface area contributed by atoms with Gasteiger partial charge in [-0.25, -0.2) is 4.98 Å². The molecule has 1 heterocycles. The zero-order valence-electron chi connectivity index (χ0n) is 8.63. The minimum atomic E-state index is 0.592. The van der Waals surface area contributed by atoms with Crippen LogP contribution in [0.4, 0.5) is 0 Å². The van der Waals surface area contributed by atoms with Gasteiger partial charge >= 0.3 is 0 Å². The Balaban J connectivity index is 2.43. The number of fused-ring (bicyclic) bond motifs is 1. The van der Waals surface area contributed by atoms with Gasteiger partial charge in [-0.3, -0.25) is 0 Å². The Bertz CT molecular complexity index is 468. The molecule has 1 aromatic carbocycles. The van der Waals surface area contributed by atoms with E-state index in [-0.39, 0.29) is 0 Å². The Morgan fingerprint density at radius 1 is 1.33 bits per heavy atom. The van der Waals surface area contributed by atoms with Crippen LogP contribution in [0.3, 0.4) is 0 Å². The lowest BCUT2D eigenvalue weighted by atomic mass is 10.1. The smallest absolute Gasteiger partial charge is 0.134 e. The fourth-order valence-corrected chi connectivity index (χ4v) is 1.73. The van der Waals surface area contributed by atoms with Crippen molar-refractivity contribution >= 4 is 22.5 Å². The van der Waals surface area contributed by atoms with Crippen molar-refractivity contribution in [1.82, 2.24) is 10.3 Å². The van der Waals surface area contributed by atoms with Crippen molar-refractivity contribution in [1.29, 1.82) is 0 Å². The maximum absolute atomic E-state index is 6.09. The summed E-state index contributed by atoms with van der Waals surface area (Å²) in [4.78, 5) is 4.35. The molecule has 0 aliphatic rings. The van der Waals surface area contributed by atoms with E-state index < -0.39 is 0 Å². The summed E-state index contributed by atoms with van der Waals surface area (Å²) in [5.74, 6) is 0. The average molecular weight is 221 g/mol. The van der Waals surface area contributed by atoms with Crippen LogP contribution in [0.2, 0.25) is 5.15 Å². The highest BCUT2D eigenvalue weighted by Crippen LogP contribution is 2.19. The summed E-state index contributed by atoms with van der Waals surface area (Å²) in [7, 11) is 0. The summed E-state index contributed by atoms with van der Waals surface area (Å²) in [6.07, 6.45) is 0. The summed E-state index contributed by atoms with van der Waals surface area (Å²) < 4.78 is 0. The third-order valence-electron chi connectivity index (χ3n) is 2.32. The van der Waals surface area contributed by atoms with Crippen LogP contribution in [0.5, 0.6) is 0 Å². The minimum absolute atomic E-state index is 0.592. The molecule has 0 atom stereocenters. The van der Waals surface area contributed by atoms with Gasteiger partial charge < -0.3 is 5.32 Å². The predicted molar refractivity (Wildman–Crippen MR) is 64.1 cm³/mol. The first-order valence-corrected chi connectivity index (χ1v) is 5.44. The second-order valence-corrected chi connectivity index (χ2v) is 3.77. The molecule has 0 fully saturated rings. The Hall–Kier alpha value is -1.12. The van der Waals surface area contributed by atoms with E-state index in [2.05, 4.69) is 23.3 Å². The molecule has 3 heteroatoms. The topological polar surface area (TPSA) is 24.9 Å². The molecule has 0 saturated heterocycles. The summed E-state index contributed by atoms with van der Waals surface area (Å²) >= 11 is 6.09. The number of hydrogen-bond acceptors (Lipinski definition) is 2. The molecule has 0 aliphatic heterocycles. The highest BCUT2D eigenvalue weighted by molar-refractivity contribution is 6.30. The normalized spacial score (nSPS) is 10.8. The first kappa shape index (κ1) is 10.4.